The maximum atomic E-state index is 14.1. The summed E-state index contributed by atoms with van der Waals surface area (Å²) in [6.07, 6.45) is 3.97. The van der Waals surface area contributed by atoms with Crippen LogP contribution in [0.4, 0.5) is 5.69 Å². The monoisotopic (exact) mass is 655 g/mol. The second kappa shape index (κ2) is 13.7. The van der Waals surface area contributed by atoms with E-state index in [1.165, 1.54) is 24.1 Å². The average molecular weight is 657 g/mol. The van der Waals surface area contributed by atoms with Crippen LogP contribution in [0.5, 0.6) is 5.75 Å². The van der Waals surface area contributed by atoms with E-state index in [9.17, 15) is 18.0 Å². The topological polar surface area (TPSA) is 96.0 Å². The van der Waals surface area contributed by atoms with Crippen molar-refractivity contribution in [3.8, 4) is 5.75 Å². The van der Waals surface area contributed by atoms with Gasteiger partial charge in [-0.1, -0.05) is 54.8 Å². The van der Waals surface area contributed by atoms with Crippen molar-refractivity contribution in [3.63, 3.8) is 0 Å². The fourth-order valence-electron chi connectivity index (χ4n) is 5.12. The number of hydrogen-bond donors (Lipinski definition) is 1. The van der Waals surface area contributed by atoms with Crippen LogP contribution in [-0.2, 0) is 26.2 Å². The van der Waals surface area contributed by atoms with Crippen molar-refractivity contribution in [2.24, 2.45) is 0 Å². The van der Waals surface area contributed by atoms with Gasteiger partial charge in [0.2, 0.25) is 11.8 Å². The van der Waals surface area contributed by atoms with Gasteiger partial charge < -0.3 is 15.0 Å². The molecule has 1 saturated carbocycles. The first-order chi connectivity index (χ1) is 20.0. The minimum Gasteiger partial charge on any atom is -0.496 e. The second-order valence-corrected chi connectivity index (χ2v) is 13.5. The lowest BCUT2D eigenvalue weighted by atomic mass is 10.1. The molecule has 3 aromatic rings. The number of halogens is 1. The number of anilines is 1. The third-order valence-corrected chi connectivity index (χ3v) is 10.2. The van der Waals surface area contributed by atoms with E-state index in [0.29, 0.717) is 15.9 Å². The summed E-state index contributed by atoms with van der Waals surface area (Å²) in [4.78, 5) is 29.0. The Hall–Kier alpha value is -3.37. The molecular weight excluding hydrogens is 618 g/mol. The van der Waals surface area contributed by atoms with E-state index in [-0.39, 0.29) is 23.4 Å². The normalized spacial score (nSPS) is 14.3. The predicted molar refractivity (Wildman–Crippen MR) is 168 cm³/mol. The molecule has 1 unspecified atom stereocenters. The Bertz CT molecular complexity index is 1520. The van der Waals surface area contributed by atoms with Crippen molar-refractivity contribution < 1.29 is 22.7 Å². The van der Waals surface area contributed by atoms with Gasteiger partial charge in [0.25, 0.3) is 10.0 Å². The number of ether oxygens (including phenoxy) is 1. The maximum absolute atomic E-state index is 14.1. The van der Waals surface area contributed by atoms with Crippen LogP contribution in [0, 0.1) is 13.8 Å². The molecule has 1 atom stereocenters. The summed E-state index contributed by atoms with van der Waals surface area (Å²) >= 11 is 3.38. The van der Waals surface area contributed by atoms with Crippen LogP contribution in [0.1, 0.15) is 49.3 Å². The zero-order chi connectivity index (χ0) is 30.4. The van der Waals surface area contributed by atoms with Crippen molar-refractivity contribution in [2.75, 3.05) is 18.0 Å². The number of carbonyl (C=O) groups excluding carboxylic acids is 2. The van der Waals surface area contributed by atoms with Crippen LogP contribution in [0.3, 0.4) is 0 Å². The van der Waals surface area contributed by atoms with E-state index in [1.807, 2.05) is 38.1 Å². The van der Waals surface area contributed by atoms with Gasteiger partial charge in [-0.15, -0.1) is 0 Å². The summed E-state index contributed by atoms with van der Waals surface area (Å²) in [5, 5.41) is 3.10. The Morgan fingerprint density at radius 1 is 1.02 bits per heavy atom. The molecule has 0 spiro atoms. The number of nitrogens with one attached hydrogen (secondary N) is 1. The van der Waals surface area contributed by atoms with E-state index >= 15 is 0 Å². The maximum Gasteiger partial charge on any atom is 0.264 e. The smallest absolute Gasteiger partial charge is 0.264 e. The minimum atomic E-state index is -4.19. The first kappa shape index (κ1) is 31.6. The predicted octanol–water partition coefficient (Wildman–Crippen LogP) is 5.75. The van der Waals surface area contributed by atoms with Crippen LogP contribution in [0.15, 0.2) is 76.1 Å². The molecule has 2 amide bonds. The largest absolute Gasteiger partial charge is 0.496 e. The van der Waals surface area contributed by atoms with Crippen LogP contribution in [0.2, 0.25) is 0 Å². The first-order valence-corrected chi connectivity index (χ1v) is 16.3. The van der Waals surface area contributed by atoms with E-state index in [1.54, 1.807) is 37.3 Å². The van der Waals surface area contributed by atoms with Crippen molar-refractivity contribution >= 4 is 43.5 Å². The number of sulfonamides is 1. The lowest BCUT2D eigenvalue weighted by Crippen LogP contribution is -2.52. The van der Waals surface area contributed by atoms with Crippen molar-refractivity contribution in [1.82, 2.24) is 10.2 Å². The molecule has 3 aromatic carbocycles. The Kier molecular flexibility index (Phi) is 10.3. The van der Waals surface area contributed by atoms with Crippen molar-refractivity contribution in [2.45, 2.75) is 70.0 Å². The van der Waals surface area contributed by atoms with Crippen molar-refractivity contribution in [1.29, 1.82) is 0 Å². The number of nitrogens with zero attached hydrogens (tertiary/aromatic N) is 2. The Labute approximate surface area is 257 Å². The number of methoxy groups -OCH3 is 1. The molecule has 0 aromatic heterocycles. The third kappa shape index (κ3) is 7.33. The van der Waals surface area contributed by atoms with Gasteiger partial charge in [-0.25, -0.2) is 8.42 Å². The summed E-state index contributed by atoms with van der Waals surface area (Å²) < 4.78 is 35.0. The van der Waals surface area contributed by atoms with Gasteiger partial charge in [0.15, 0.2) is 0 Å². The number of hydrogen-bond acceptors (Lipinski definition) is 5. The van der Waals surface area contributed by atoms with Crippen LogP contribution in [0.25, 0.3) is 0 Å². The van der Waals surface area contributed by atoms with Gasteiger partial charge in [0.1, 0.15) is 18.3 Å². The molecule has 0 saturated heterocycles. The molecule has 42 heavy (non-hydrogen) atoms. The lowest BCUT2D eigenvalue weighted by Gasteiger charge is -2.33. The highest BCUT2D eigenvalue weighted by molar-refractivity contribution is 9.10. The van der Waals surface area contributed by atoms with E-state index in [4.69, 9.17) is 4.74 Å². The first-order valence-electron chi connectivity index (χ1n) is 14.1. The standard InChI is InChI=1S/C32H38BrN3O5S/c1-22-13-15-27(16-14-22)36(42(39,40)28-17-18-30(41-4)29(33)19-28)21-31(37)35(20-25-10-6-5-9-23(25)2)24(3)32(38)34-26-11-7-8-12-26/h5-6,9-10,13-19,24,26H,7-8,11-12,20-21H2,1-4H3,(H,34,38). The lowest BCUT2D eigenvalue weighted by molar-refractivity contribution is -0.139. The van der Waals surface area contributed by atoms with Gasteiger partial charge >= 0.3 is 0 Å². The fourth-order valence-corrected chi connectivity index (χ4v) is 7.25. The highest BCUT2D eigenvalue weighted by Crippen LogP contribution is 2.31. The molecule has 10 heteroatoms. The molecule has 1 aliphatic carbocycles. The van der Waals surface area contributed by atoms with Gasteiger partial charge in [0, 0.05) is 12.6 Å². The van der Waals surface area contributed by atoms with Gasteiger partial charge in [0.05, 0.1) is 22.2 Å². The number of benzene rings is 3. The van der Waals surface area contributed by atoms with Gasteiger partial charge in [-0.3, -0.25) is 13.9 Å². The zero-order valence-electron chi connectivity index (χ0n) is 24.5. The Balaban J connectivity index is 1.71. The Morgan fingerprint density at radius 3 is 2.31 bits per heavy atom. The van der Waals surface area contributed by atoms with Crippen LogP contribution < -0.4 is 14.4 Å². The molecule has 8 nitrogen and oxygen atoms in total. The quantitative estimate of drug-likeness (QED) is 0.284. The molecule has 0 bridgehead atoms. The molecule has 4 rings (SSSR count). The van der Waals surface area contributed by atoms with Gasteiger partial charge in [-0.05, 0) is 91.0 Å². The van der Waals surface area contributed by atoms with E-state index < -0.39 is 28.5 Å². The van der Waals surface area contributed by atoms with E-state index in [0.717, 1.165) is 46.7 Å². The molecule has 0 heterocycles. The van der Waals surface area contributed by atoms with Gasteiger partial charge in [-0.2, -0.15) is 0 Å². The highest BCUT2D eigenvalue weighted by atomic mass is 79.9. The summed E-state index contributed by atoms with van der Waals surface area (Å²) in [6, 6.07) is 18.4. The SMILES string of the molecule is COc1ccc(S(=O)(=O)N(CC(=O)N(Cc2ccccc2C)C(C)C(=O)NC2CCCC2)c2ccc(C)cc2)cc1Br. The van der Waals surface area contributed by atoms with Crippen LogP contribution >= 0.6 is 15.9 Å². The average Bonchev–Trinajstić information content (AvgIpc) is 3.48. The fraction of sp³-hybridized carbons (Fsp3) is 0.375. The summed E-state index contributed by atoms with van der Waals surface area (Å²) in [5.74, 6) is -0.241. The number of aryl methyl sites for hydroxylation is 2. The molecule has 1 fully saturated rings. The molecule has 1 aliphatic rings. The summed E-state index contributed by atoms with van der Waals surface area (Å²) in [7, 11) is -2.69. The highest BCUT2D eigenvalue weighted by Gasteiger charge is 2.33. The van der Waals surface area contributed by atoms with Crippen molar-refractivity contribution in [3.05, 3.63) is 87.9 Å². The Morgan fingerprint density at radius 2 is 1.69 bits per heavy atom. The number of amides is 2. The molecule has 224 valence electrons. The van der Waals surface area contributed by atoms with Crippen LogP contribution in [-0.4, -0.2) is 50.9 Å². The zero-order valence-corrected chi connectivity index (χ0v) is 26.9. The van der Waals surface area contributed by atoms with E-state index in [2.05, 4.69) is 21.2 Å². The third-order valence-electron chi connectivity index (χ3n) is 7.78. The second-order valence-electron chi connectivity index (χ2n) is 10.8. The minimum absolute atomic E-state index is 0.000953. The summed E-state index contributed by atoms with van der Waals surface area (Å²) in [6.45, 7) is 5.24. The molecule has 0 radical (unpaired) electrons. The number of carbonyl (C=O) groups is 2. The molecule has 0 aliphatic heterocycles. The summed E-state index contributed by atoms with van der Waals surface area (Å²) in [5.41, 5.74) is 3.16. The molecule has 1 N–H and O–H groups in total. The molecular formula is C32H38BrN3O5S. The number of rotatable bonds is 11.